The van der Waals surface area contributed by atoms with Gasteiger partial charge in [-0.25, -0.2) is 0 Å². The van der Waals surface area contributed by atoms with Crippen LogP contribution in [0.3, 0.4) is 0 Å². The first kappa shape index (κ1) is 14.3. The second-order valence-electron chi connectivity index (χ2n) is 6.05. The van der Waals surface area contributed by atoms with Crippen molar-refractivity contribution in [2.24, 2.45) is 0 Å². The second kappa shape index (κ2) is 6.44. The highest BCUT2D eigenvalue weighted by Gasteiger charge is 2.28. The van der Waals surface area contributed by atoms with E-state index in [1.54, 1.807) is 0 Å². The molecule has 1 heterocycles. The van der Waals surface area contributed by atoms with Crippen molar-refractivity contribution in [2.45, 2.75) is 44.7 Å². The molecule has 112 valence electrons. The van der Waals surface area contributed by atoms with Crippen molar-refractivity contribution in [2.75, 3.05) is 13.1 Å². The van der Waals surface area contributed by atoms with E-state index in [0.29, 0.717) is 12.6 Å². The third-order valence-corrected chi connectivity index (χ3v) is 4.72. The first-order valence-corrected chi connectivity index (χ1v) is 8.04. The molecule has 0 unspecified atom stereocenters. The molecule has 1 saturated carbocycles. The summed E-state index contributed by atoms with van der Waals surface area (Å²) in [7, 11) is 0. The molecule has 1 aromatic rings. The van der Waals surface area contributed by atoms with Crippen LogP contribution in [0.4, 0.5) is 0 Å². The number of carbonyl (C=O) groups excluding carboxylic acids is 1. The highest BCUT2D eigenvalue weighted by atomic mass is 16.2. The normalized spacial score (nSPS) is 18.3. The zero-order chi connectivity index (χ0) is 14.7. The average molecular weight is 284 g/mol. The molecule has 21 heavy (non-hydrogen) atoms. The molecule has 0 bridgehead atoms. The Morgan fingerprint density at radius 3 is 2.95 bits per heavy atom. The van der Waals surface area contributed by atoms with Gasteiger partial charge in [0, 0.05) is 24.7 Å². The fraction of sp³-hybridized carbons (Fsp3) is 0.500. The van der Waals surface area contributed by atoms with Crippen LogP contribution in [0.1, 0.15) is 47.2 Å². The summed E-state index contributed by atoms with van der Waals surface area (Å²) in [4.78, 5) is 15.1. The predicted octanol–water partition coefficient (Wildman–Crippen LogP) is 2.90. The van der Waals surface area contributed by atoms with Gasteiger partial charge in [0.2, 0.25) is 0 Å². The quantitative estimate of drug-likeness (QED) is 0.862. The fourth-order valence-corrected chi connectivity index (χ4v) is 3.64. The summed E-state index contributed by atoms with van der Waals surface area (Å²) in [6.45, 7) is 6.33. The van der Waals surface area contributed by atoms with Gasteiger partial charge in [-0.2, -0.15) is 0 Å². The molecule has 0 saturated heterocycles. The lowest BCUT2D eigenvalue weighted by Gasteiger charge is -2.30. The van der Waals surface area contributed by atoms with Crippen molar-refractivity contribution in [3.05, 3.63) is 47.5 Å². The van der Waals surface area contributed by atoms with Crippen LogP contribution in [-0.2, 0) is 13.0 Å². The number of carbonyl (C=O) groups is 1. The van der Waals surface area contributed by atoms with Crippen molar-refractivity contribution >= 4 is 5.91 Å². The number of nitrogens with one attached hydrogen (secondary N) is 1. The molecule has 1 aliphatic heterocycles. The minimum Gasteiger partial charge on any atom is -0.332 e. The lowest BCUT2D eigenvalue weighted by Crippen LogP contribution is -2.40. The average Bonchev–Trinajstić information content (AvgIpc) is 3.05. The van der Waals surface area contributed by atoms with Crippen LogP contribution < -0.4 is 5.32 Å². The molecule has 0 atom stereocenters. The summed E-state index contributed by atoms with van der Waals surface area (Å²) in [6, 6.07) is 6.54. The van der Waals surface area contributed by atoms with Gasteiger partial charge in [-0.1, -0.05) is 31.1 Å². The Morgan fingerprint density at radius 1 is 1.38 bits per heavy atom. The number of nitrogens with zero attached hydrogens (tertiary/aromatic N) is 1. The highest BCUT2D eigenvalue weighted by molar-refractivity contribution is 5.96. The maximum absolute atomic E-state index is 13.1. The number of hydrogen-bond donors (Lipinski definition) is 1. The van der Waals surface area contributed by atoms with E-state index in [1.165, 1.54) is 24.0 Å². The van der Waals surface area contributed by atoms with Gasteiger partial charge in [0.1, 0.15) is 0 Å². The van der Waals surface area contributed by atoms with Crippen molar-refractivity contribution in [3.63, 3.8) is 0 Å². The third-order valence-electron chi connectivity index (χ3n) is 4.72. The Morgan fingerprint density at radius 2 is 2.19 bits per heavy atom. The van der Waals surface area contributed by atoms with Gasteiger partial charge in [-0.05, 0) is 43.0 Å². The van der Waals surface area contributed by atoms with Crippen molar-refractivity contribution in [3.8, 4) is 0 Å². The molecule has 3 heteroatoms. The Kier molecular flexibility index (Phi) is 4.39. The summed E-state index contributed by atoms with van der Waals surface area (Å²) in [5, 5.41) is 3.38. The van der Waals surface area contributed by atoms with Crippen LogP contribution in [0.2, 0.25) is 0 Å². The topological polar surface area (TPSA) is 32.3 Å². The third kappa shape index (κ3) is 2.88. The van der Waals surface area contributed by atoms with Crippen LogP contribution in [0.25, 0.3) is 0 Å². The van der Waals surface area contributed by atoms with E-state index in [0.717, 1.165) is 37.9 Å². The number of rotatable bonds is 4. The van der Waals surface area contributed by atoms with Gasteiger partial charge < -0.3 is 10.2 Å². The molecule has 3 nitrogen and oxygen atoms in total. The first-order valence-electron chi connectivity index (χ1n) is 8.04. The molecular weight excluding hydrogens is 260 g/mol. The number of fused-ring (bicyclic) bond motifs is 1. The maximum atomic E-state index is 13.1. The molecule has 1 fully saturated rings. The van der Waals surface area contributed by atoms with E-state index < -0.39 is 0 Å². The fourth-order valence-electron chi connectivity index (χ4n) is 3.64. The lowest BCUT2D eigenvalue weighted by atomic mass is 9.94. The van der Waals surface area contributed by atoms with Crippen LogP contribution in [0.15, 0.2) is 30.9 Å². The van der Waals surface area contributed by atoms with E-state index in [1.807, 2.05) is 23.1 Å². The molecule has 1 N–H and O–H groups in total. The first-order chi connectivity index (χ1) is 10.3. The summed E-state index contributed by atoms with van der Waals surface area (Å²) < 4.78 is 0. The predicted molar refractivity (Wildman–Crippen MR) is 85.3 cm³/mol. The molecule has 1 aliphatic carbocycles. The van der Waals surface area contributed by atoms with Crippen molar-refractivity contribution in [1.29, 1.82) is 0 Å². The molecule has 2 aliphatic rings. The minimum atomic E-state index is 0.195. The van der Waals surface area contributed by atoms with Crippen molar-refractivity contribution in [1.82, 2.24) is 10.2 Å². The van der Waals surface area contributed by atoms with Gasteiger partial charge in [-0.3, -0.25) is 4.79 Å². The second-order valence-corrected chi connectivity index (χ2v) is 6.05. The highest BCUT2D eigenvalue weighted by Crippen LogP contribution is 2.27. The molecular formula is C18H24N2O. The summed E-state index contributed by atoms with van der Waals surface area (Å²) in [6.07, 6.45) is 7.55. The van der Waals surface area contributed by atoms with Crippen LogP contribution in [0.5, 0.6) is 0 Å². The maximum Gasteiger partial charge on any atom is 0.254 e. The molecule has 0 spiro atoms. The number of benzene rings is 1. The van der Waals surface area contributed by atoms with Gasteiger partial charge in [0.05, 0.1) is 0 Å². The van der Waals surface area contributed by atoms with Gasteiger partial charge in [0.15, 0.2) is 0 Å². The summed E-state index contributed by atoms with van der Waals surface area (Å²) in [5.41, 5.74) is 3.42. The Bertz CT molecular complexity index is 532. The van der Waals surface area contributed by atoms with E-state index in [9.17, 15) is 4.79 Å². The lowest BCUT2D eigenvalue weighted by molar-refractivity contribution is 0.0705. The van der Waals surface area contributed by atoms with E-state index >= 15 is 0 Å². The molecule has 1 aromatic carbocycles. The van der Waals surface area contributed by atoms with Gasteiger partial charge in [-0.15, -0.1) is 6.58 Å². The zero-order valence-electron chi connectivity index (χ0n) is 12.6. The molecule has 1 amide bonds. The van der Waals surface area contributed by atoms with Gasteiger partial charge >= 0.3 is 0 Å². The van der Waals surface area contributed by atoms with Gasteiger partial charge in [0.25, 0.3) is 5.91 Å². The Hall–Kier alpha value is -1.61. The molecule has 0 radical (unpaired) electrons. The summed E-state index contributed by atoms with van der Waals surface area (Å²) >= 11 is 0. The zero-order valence-corrected chi connectivity index (χ0v) is 12.6. The minimum absolute atomic E-state index is 0.195. The van der Waals surface area contributed by atoms with Crippen LogP contribution in [0, 0.1) is 0 Å². The standard InChI is InChI=1S/C18H24N2O/c1-2-12-20(15-7-3-4-8-15)18(21)17-9-5-6-14-13-19-11-10-16(14)17/h2,5-6,9,15,19H,1,3-4,7-8,10-13H2. The van der Waals surface area contributed by atoms with E-state index in [-0.39, 0.29) is 5.91 Å². The largest absolute Gasteiger partial charge is 0.332 e. The summed E-state index contributed by atoms with van der Waals surface area (Å²) in [5.74, 6) is 0.195. The number of hydrogen-bond acceptors (Lipinski definition) is 2. The monoisotopic (exact) mass is 284 g/mol. The van der Waals surface area contributed by atoms with Crippen LogP contribution in [-0.4, -0.2) is 29.9 Å². The number of amides is 1. The van der Waals surface area contributed by atoms with E-state index in [4.69, 9.17) is 0 Å². The molecule has 3 rings (SSSR count). The van der Waals surface area contributed by atoms with Crippen molar-refractivity contribution < 1.29 is 4.79 Å². The van der Waals surface area contributed by atoms with E-state index in [2.05, 4.69) is 18.0 Å². The SMILES string of the molecule is C=CCN(C(=O)c1cccc2c1CCNC2)C1CCCC1. The smallest absolute Gasteiger partial charge is 0.254 e. The Labute approximate surface area is 127 Å². The Balaban J connectivity index is 1.90. The molecule has 0 aromatic heterocycles. The van der Waals surface area contributed by atoms with Crippen LogP contribution >= 0.6 is 0 Å².